The molecular formula is C17H19NO5. The summed E-state index contributed by atoms with van der Waals surface area (Å²) in [4.78, 5) is 25.9. The summed E-state index contributed by atoms with van der Waals surface area (Å²) in [6.45, 7) is 3.38. The molecule has 2 heterocycles. The first-order valence-electron chi connectivity index (χ1n) is 7.18. The summed E-state index contributed by atoms with van der Waals surface area (Å²) < 4.78 is 10.6. The Morgan fingerprint density at radius 1 is 1.17 bits per heavy atom. The SMILES string of the molecule is CC=CC(C)(C(=O)O)C(=O)N(Cc1ccco1)Cc1ccco1. The minimum atomic E-state index is -1.64. The van der Waals surface area contributed by atoms with E-state index >= 15 is 0 Å². The smallest absolute Gasteiger partial charge is 0.322 e. The quantitative estimate of drug-likeness (QED) is 0.626. The van der Waals surface area contributed by atoms with Crippen LogP contribution in [0.5, 0.6) is 0 Å². The van der Waals surface area contributed by atoms with Crippen LogP contribution in [-0.2, 0) is 22.7 Å². The number of rotatable bonds is 7. The highest BCUT2D eigenvalue weighted by atomic mass is 16.4. The van der Waals surface area contributed by atoms with Crippen molar-refractivity contribution in [3.05, 3.63) is 60.5 Å². The lowest BCUT2D eigenvalue weighted by atomic mass is 9.88. The molecule has 1 N–H and O–H groups in total. The fourth-order valence-corrected chi connectivity index (χ4v) is 2.28. The largest absolute Gasteiger partial charge is 0.480 e. The molecule has 122 valence electrons. The van der Waals surface area contributed by atoms with E-state index in [1.807, 2.05) is 0 Å². The Balaban J connectivity index is 2.30. The van der Waals surface area contributed by atoms with Crippen LogP contribution in [0.3, 0.4) is 0 Å². The van der Waals surface area contributed by atoms with E-state index in [0.717, 1.165) is 0 Å². The van der Waals surface area contributed by atoms with Gasteiger partial charge in [0.25, 0.3) is 0 Å². The van der Waals surface area contributed by atoms with Crippen LogP contribution in [0.25, 0.3) is 0 Å². The predicted octanol–water partition coefficient (Wildman–Crippen LogP) is 3.07. The van der Waals surface area contributed by atoms with Crippen molar-refractivity contribution in [2.75, 3.05) is 0 Å². The third-order valence-corrected chi connectivity index (χ3v) is 3.53. The average Bonchev–Trinajstić information content (AvgIpc) is 3.19. The molecule has 0 aliphatic heterocycles. The number of hydrogen-bond acceptors (Lipinski definition) is 4. The molecule has 0 radical (unpaired) electrons. The van der Waals surface area contributed by atoms with E-state index in [0.29, 0.717) is 11.5 Å². The maximum atomic E-state index is 12.9. The molecule has 1 atom stereocenters. The van der Waals surface area contributed by atoms with Crippen LogP contribution in [0.15, 0.2) is 57.8 Å². The molecule has 0 aromatic carbocycles. The summed E-state index contributed by atoms with van der Waals surface area (Å²) in [7, 11) is 0. The lowest BCUT2D eigenvalue weighted by Gasteiger charge is -2.28. The first kappa shape index (κ1) is 16.6. The number of carboxylic acid groups (broad SMARTS) is 1. The van der Waals surface area contributed by atoms with Gasteiger partial charge >= 0.3 is 5.97 Å². The van der Waals surface area contributed by atoms with Gasteiger partial charge in [-0.1, -0.05) is 12.2 Å². The van der Waals surface area contributed by atoms with Crippen LogP contribution >= 0.6 is 0 Å². The van der Waals surface area contributed by atoms with E-state index < -0.39 is 17.3 Å². The monoisotopic (exact) mass is 317 g/mol. The Bertz CT molecular complexity index is 636. The molecule has 6 nitrogen and oxygen atoms in total. The van der Waals surface area contributed by atoms with Gasteiger partial charge in [-0.3, -0.25) is 9.59 Å². The maximum Gasteiger partial charge on any atom is 0.322 e. The highest BCUT2D eigenvalue weighted by molar-refractivity contribution is 6.03. The van der Waals surface area contributed by atoms with Crippen molar-refractivity contribution in [3.63, 3.8) is 0 Å². The van der Waals surface area contributed by atoms with Crippen molar-refractivity contribution in [1.82, 2.24) is 4.90 Å². The number of aliphatic carboxylic acids is 1. The molecule has 2 aromatic rings. The third-order valence-electron chi connectivity index (χ3n) is 3.53. The van der Waals surface area contributed by atoms with Gasteiger partial charge in [0, 0.05) is 0 Å². The van der Waals surface area contributed by atoms with Crippen molar-refractivity contribution in [1.29, 1.82) is 0 Å². The Hall–Kier alpha value is -2.76. The molecule has 1 amide bonds. The number of furan rings is 2. The molecule has 0 saturated carbocycles. The topological polar surface area (TPSA) is 83.9 Å². The Morgan fingerprint density at radius 2 is 1.70 bits per heavy atom. The van der Waals surface area contributed by atoms with Gasteiger partial charge in [-0.05, 0) is 38.1 Å². The standard InChI is InChI=1S/C17H19NO5/c1-3-8-17(2,16(20)21)15(19)18(11-13-6-4-9-22-13)12-14-7-5-10-23-14/h3-10H,11-12H2,1-2H3,(H,20,21). The number of carboxylic acids is 1. The second-order valence-electron chi connectivity index (χ2n) is 5.33. The van der Waals surface area contributed by atoms with E-state index in [1.165, 1.54) is 30.4 Å². The van der Waals surface area contributed by atoms with Gasteiger partial charge in [0.2, 0.25) is 5.91 Å². The summed E-state index contributed by atoms with van der Waals surface area (Å²) in [5.74, 6) is -0.600. The number of amides is 1. The first-order chi connectivity index (χ1) is 11.0. The number of carbonyl (C=O) groups is 2. The summed E-state index contributed by atoms with van der Waals surface area (Å²) >= 11 is 0. The molecule has 1 unspecified atom stereocenters. The van der Waals surface area contributed by atoms with Gasteiger partial charge in [0.05, 0.1) is 25.6 Å². The zero-order chi connectivity index (χ0) is 16.9. The van der Waals surface area contributed by atoms with Gasteiger partial charge in [-0.2, -0.15) is 0 Å². The normalized spacial score (nSPS) is 13.8. The molecule has 23 heavy (non-hydrogen) atoms. The second-order valence-corrected chi connectivity index (χ2v) is 5.33. The van der Waals surface area contributed by atoms with Gasteiger partial charge in [-0.15, -0.1) is 0 Å². The summed E-state index contributed by atoms with van der Waals surface area (Å²) in [6, 6.07) is 6.90. The number of carbonyl (C=O) groups excluding carboxylic acids is 1. The highest BCUT2D eigenvalue weighted by Crippen LogP contribution is 2.25. The summed E-state index contributed by atoms with van der Waals surface area (Å²) in [6.07, 6.45) is 5.96. The van der Waals surface area contributed by atoms with Gasteiger partial charge in [0.1, 0.15) is 11.5 Å². The average molecular weight is 317 g/mol. The fraction of sp³-hybridized carbons (Fsp3) is 0.294. The van der Waals surface area contributed by atoms with Gasteiger partial charge < -0.3 is 18.8 Å². The maximum absolute atomic E-state index is 12.9. The van der Waals surface area contributed by atoms with Gasteiger partial charge in [-0.25, -0.2) is 0 Å². The van der Waals surface area contributed by atoms with Crippen molar-refractivity contribution in [3.8, 4) is 0 Å². The molecule has 0 saturated heterocycles. The van der Waals surface area contributed by atoms with Crippen molar-refractivity contribution < 1.29 is 23.5 Å². The number of hydrogen-bond donors (Lipinski definition) is 1. The van der Waals surface area contributed by atoms with Crippen molar-refractivity contribution in [2.24, 2.45) is 5.41 Å². The molecule has 0 fully saturated rings. The fourth-order valence-electron chi connectivity index (χ4n) is 2.28. The lowest BCUT2D eigenvalue weighted by Crippen LogP contribution is -2.45. The molecule has 2 rings (SSSR count). The van der Waals surface area contributed by atoms with Crippen LogP contribution < -0.4 is 0 Å². The second kappa shape index (κ2) is 7.00. The van der Waals surface area contributed by atoms with Crippen LogP contribution in [0.4, 0.5) is 0 Å². The minimum Gasteiger partial charge on any atom is -0.480 e. The lowest BCUT2D eigenvalue weighted by molar-refractivity contribution is -0.156. The van der Waals surface area contributed by atoms with E-state index in [9.17, 15) is 14.7 Å². The zero-order valence-corrected chi connectivity index (χ0v) is 13.1. The molecule has 2 aromatic heterocycles. The molecule has 6 heteroatoms. The zero-order valence-electron chi connectivity index (χ0n) is 13.1. The van der Waals surface area contributed by atoms with Crippen LogP contribution in [-0.4, -0.2) is 21.9 Å². The predicted molar refractivity (Wildman–Crippen MR) is 82.2 cm³/mol. The Labute approximate surface area is 134 Å². The highest BCUT2D eigenvalue weighted by Gasteiger charge is 2.42. The van der Waals surface area contributed by atoms with Crippen molar-refractivity contribution >= 4 is 11.9 Å². The number of allylic oxidation sites excluding steroid dienone is 1. The number of nitrogens with zero attached hydrogens (tertiary/aromatic N) is 1. The first-order valence-corrected chi connectivity index (χ1v) is 7.18. The third kappa shape index (κ3) is 3.71. The van der Waals surface area contributed by atoms with E-state index in [1.54, 1.807) is 37.3 Å². The van der Waals surface area contributed by atoms with E-state index in [4.69, 9.17) is 8.83 Å². The molecular weight excluding hydrogens is 298 g/mol. The van der Waals surface area contributed by atoms with Gasteiger partial charge in [0.15, 0.2) is 5.41 Å². The Kier molecular flexibility index (Phi) is 5.05. The minimum absolute atomic E-state index is 0.160. The van der Waals surface area contributed by atoms with Crippen LogP contribution in [0, 0.1) is 5.41 Å². The van der Waals surface area contributed by atoms with E-state index in [2.05, 4.69) is 0 Å². The molecule has 0 spiro atoms. The van der Waals surface area contributed by atoms with E-state index in [-0.39, 0.29) is 13.1 Å². The Morgan fingerprint density at radius 3 is 2.04 bits per heavy atom. The summed E-state index contributed by atoms with van der Waals surface area (Å²) in [5.41, 5.74) is -1.64. The van der Waals surface area contributed by atoms with Crippen LogP contribution in [0.2, 0.25) is 0 Å². The molecule has 0 bridgehead atoms. The summed E-state index contributed by atoms with van der Waals surface area (Å²) in [5, 5.41) is 9.49. The van der Waals surface area contributed by atoms with Crippen LogP contribution in [0.1, 0.15) is 25.4 Å². The van der Waals surface area contributed by atoms with Crippen molar-refractivity contribution in [2.45, 2.75) is 26.9 Å². The molecule has 0 aliphatic rings. The molecule has 0 aliphatic carbocycles.